The lowest BCUT2D eigenvalue weighted by atomic mass is 10.2. The van der Waals surface area contributed by atoms with E-state index >= 15 is 0 Å². The molecule has 2 rings (SSSR count). The quantitative estimate of drug-likeness (QED) is 0.440. The molecule has 0 aromatic heterocycles. The summed E-state index contributed by atoms with van der Waals surface area (Å²) in [4.78, 5) is 23.4. The molecule has 142 valence electrons. The molecule has 0 aliphatic carbocycles. The summed E-state index contributed by atoms with van der Waals surface area (Å²) in [5.74, 6) is -0.164. The summed E-state index contributed by atoms with van der Waals surface area (Å²) in [7, 11) is 0. The summed E-state index contributed by atoms with van der Waals surface area (Å²) >= 11 is 8.57. The molecule has 0 aliphatic heterocycles. The lowest BCUT2D eigenvalue weighted by Crippen LogP contribution is -2.34. The Morgan fingerprint density at radius 2 is 1.81 bits per heavy atom. The van der Waals surface area contributed by atoms with Crippen LogP contribution in [0.4, 0.5) is 5.69 Å². The van der Waals surface area contributed by atoms with E-state index in [9.17, 15) is 9.59 Å². The molecule has 0 unspecified atom stereocenters. The first-order valence-corrected chi connectivity index (χ1v) is 9.55. The van der Waals surface area contributed by atoms with E-state index < -0.39 is 5.91 Å². The number of anilines is 1. The lowest BCUT2D eigenvalue weighted by molar-refractivity contribution is 0.0975. The molecular formula is C19H20BrN3O3S. The molecule has 2 aromatic carbocycles. The van der Waals surface area contributed by atoms with Gasteiger partial charge in [0.05, 0.1) is 11.1 Å². The van der Waals surface area contributed by atoms with Gasteiger partial charge >= 0.3 is 0 Å². The van der Waals surface area contributed by atoms with Crippen LogP contribution in [0.5, 0.6) is 5.75 Å². The summed E-state index contributed by atoms with van der Waals surface area (Å²) in [5.41, 5.74) is 6.66. The molecule has 0 radical (unpaired) electrons. The third-order valence-electron chi connectivity index (χ3n) is 3.60. The number of carbonyl (C=O) groups excluding carboxylic acids is 2. The number of amides is 2. The molecule has 0 atom stereocenters. The predicted molar refractivity (Wildman–Crippen MR) is 113 cm³/mol. The number of rotatable bonds is 7. The Bertz CT molecular complexity index is 841. The number of unbranched alkanes of at least 4 members (excludes halogenated alkanes) is 1. The molecule has 0 aliphatic rings. The van der Waals surface area contributed by atoms with Crippen LogP contribution in [-0.2, 0) is 0 Å². The third-order valence-corrected chi connectivity index (χ3v) is 4.43. The number of carbonyl (C=O) groups is 2. The molecule has 4 N–H and O–H groups in total. The topological polar surface area (TPSA) is 93.4 Å². The van der Waals surface area contributed by atoms with Gasteiger partial charge < -0.3 is 15.8 Å². The maximum atomic E-state index is 12.4. The summed E-state index contributed by atoms with van der Waals surface area (Å²) < 4.78 is 6.35. The van der Waals surface area contributed by atoms with E-state index in [1.807, 2.05) is 0 Å². The first-order valence-electron chi connectivity index (χ1n) is 8.35. The molecule has 0 fully saturated rings. The van der Waals surface area contributed by atoms with Crippen LogP contribution in [0.1, 0.15) is 40.5 Å². The van der Waals surface area contributed by atoms with Gasteiger partial charge in [-0.2, -0.15) is 0 Å². The highest BCUT2D eigenvalue weighted by Crippen LogP contribution is 2.26. The molecular weight excluding hydrogens is 430 g/mol. The third kappa shape index (κ3) is 6.33. The summed E-state index contributed by atoms with van der Waals surface area (Å²) in [6.07, 6.45) is 2.02. The van der Waals surface area contributed by atoms with E-state index in [0.717, 1.165) is 12.8 Å². The second kappa shape index (κ2) is 10.0. The minimum atomic E-state index is -0.509. The van der Waals surface area contributed by atoms with Crippen molar-refractivity contribution in [1.82, 2.24) is 5.32 Å². The number of hydrogen-bond acceptors (Lipinski definition) is 4. The molecule has 0 heterocycles. The van der Waals surface area contributed by atoms with E-state index in [0.29, 0.717) is 33.6 Å². The predicted octanol–water partition coefficient (Wildman–Crippen LogP) is 3.85. The van der Waals surface area contributed by atoms with Gasteiger partial charge in [0.2, 0.25) is 5.91 Å². The fourth-order valence-corrected chi connectivity index (χ4v) is 2.84. The van der Waals surface area contributed by atoms with Crippen molar-refractivity contribution in [2.75, 3.05) is 11.9 Å². The number of ether oxygens (including phenoxy) is 1. The summed E-state index contributed by atoms with van der Waals surface area (Å²) in [6, 6.07) is 11.5. The molecule has 0 saturated carbocycles. The van der Waals surface area contributed by atoms with Gasteiger partial charge in [0.15, 0.2) is 5.11 Å². The van der Waals surface area contributed by atoms with Crippen molar-refractivity contribution in [3.63, 3.8) is 0 Å². The molecule has 6 nitrogen and oxygen atoms in total. The number of thiocarbonyl (C=S) groups is 1. The van der Waals surface area contributed by atoms with Gasteiger partial charge in [-0.15, -0.1) is 0 Å². The highest BCUT2D eigenvalue weighted by Gasteiger charge is 2.11. The second-order valence-electron chi connectivity index (χ2n) is 5.70. The smallest absolute Gasteiger partial charge is 0.257 e. The molecule has 0 bridgehead atoms. The van der Waals surface area contributed by atoms with Crippen LogP contribution in [0, 0.1) is 0 Å². The van der Waals surface area contributed by atoms with Crippen molar-refractivity contribution in [3.8, 4) is 5.75 Å². The van der Waals surface area contributed by atoms with Crippen molar-refractivity contribution in [2.24, 2.45) is 5.73 Å². The maximum absolute atomic E-state index is 12.4. The molecule has 8 heteroatoms. The van der Waals surface area contributed by atoms with Crippen molar-refractivity contribution < 1.29 is 14.3 Å². The molecule has 0 spiro atoms. The SMILES string of the molecule is CCCCOc1ccc(C(=O)NC(=S)Nc2ccc(C(N)=O)cc2)cc1Br. The normalized spacial score (nSPS) is 10.1. The van der Waals surface area contributed by atoms with Gasteiger partial charge in [-0.1, -0.05) is 13.3 Å². The van der Waals surface area contributed by atoms with Gasteiger partial charge in [0.25, 0.3) is 5.91 Å². The van der Waals surface area contributed by atoms with Gasteiger partial charge in [-0.05, 0) is 77.0 Å². The largest absolute Gasteiger partial charge is 0.492 e. The second-order valence-corrected chi connectivity index (χ2v) is 6.96. The molecule has 2 aromatic rings. The highest BCUT2D eigenvalue weighted by atomic mass is 79.9. The van der Waals surface area contributed by atoms with Gasteiger partial charge in [0, 0.05) is 16.8 Å². The average molecular weight is 450 g/mol. The zero-order valence-electron chi connectivity index (χ0n) is 14.8. The Morgan fingerprint density at radius 3 is 2.41 bits per heavy atom. The lowest BCUT2D eigenvalue weighted by Gasteiger charge is -2.11. The fraction of sp³-hybridized carbons (Fsp3) is 0.211. The van der Waals surface area contributed by atoms with Crippen LogP contribution in [0.25, 0.3) is 0 Å². The maximum Gasteiger partial charge on any atom is 0.257 e. The first-order chi connectivity index (χ1) is 12.9. The van der Waals surface area contributed by atoms with E-state index in [4.69, 9.17) is 22.7 Å². The Balaban J connectivity index is 1.94. The standard InChI is InChI=1S/C19H20BrN3O3S/c1-2-3-10-26-16-9-6-13(11-15(16)20)18(25)23-19(27)22-14-7-4-12(5-8-14)17(21)24/h4-9,11H,2-3,10H2,1H3,(H2,21,24)(H2,22,23,25,27). The van der Waals surface area contributed by atoms with E-state index in [1.165, 1.54) is 0 Å². The van der Waals surface area contributed by atoms with Crippen LogP contribution in [0.15, 0.2) is 46.9 Å². The number of nitrogens with one attached hydrogen (secondary N) is 2. The molecule has 27 heavy (non-hydrogen) atoms. The van der Waals surface area contributed by atoms with E-state index in [2.05, 4.69) is 33.5 Å². The van der Waals surface area contributed by atoms with E-state index in [-0.39, 0.29) is 11.0 Å². The molecule has 2 amide bonds. The Morgan fingerprint density at radius 1 is 1.15 bits per heavy atom. The number of benzene rings is 2. The number of hydrogen-bond donors (Lipinski definition) is 3. The van der Waals surface area contributed by atoms with Crippen molar-refractivity contribution in [3.05, 3.63) is 58.1 Å². The Hall–Kier alpha value is -2.45. The van der Waals surface area contributed by atoms with Gasteiger partial charge in [0.1, 0.15) is 5.75 Å². The van der Waals surface area contributed by atoms with Gasteiger partial charge in [-0.3, -0.25) is 14.9 Å². The zero-order valence-corrected chi connectivity index (χ0v) is 17.2. The van der Waals surface area contributed by atoms with Crippen LogP contribution in [0.2, 0.25) is 0 Å². The highest BCUT2D eigenvalue weighted by molar-refractivity contribution is 9.10. The van der Waals surface area contributed by atoms with Crippen LogP contribution in [-0.4, -0.2) is 23.5 Å². The van der Waals surface area contributed by atoms with Crippen molar-refractivity contribution >= 4 is 50.8 Å². The van der Waals surface area contributed by atoms with Crippen molar-refractivity contribution in [1.29, 1.82) is 0 Å². The Labute approximate surface area is 171 Å². The average Bonchev–Trinajstić information content (AvgIpc) is 2.63. The first kappa shape index (κ1) is 20.9. The zero-order chi connectivity index (χ0) is 19.8. The van der Waals surface area contributed by atoms with Crippen LogP contribution in [0.3, 0.4) is 0 Å². The van der Waals surface area contributed by atoms with Crippen LogP contribution < -0.4 is 21.1 Å². The minimum absolute atomic E-state index is 0.145. The Kier molecular flexibility index (Phi) is 7.75. The van der Waals surface area contributed by atoms with Crippen LogP contribution >= 0.6 is 28.1 Å². The monoisotopic (exact) mass is 449 g/mol. The fourth-order valence-electron chi connectivity index (χ4n) is 2.14. The number of primary amides is 1. The van der Waals surface area contributed by atoms with Gasteiger partial charge in [-0.25, -0.2) is 0 Å². The summed E-state index contributed by atoms with van der Waals surface area (Å²) in [6.45, 7) is 2.72. The number of halogens is 1. The van der Waals surface area contributed by atoms with E-state index in [1.54, 1.807) is 42.5 Å². The minimum Gasteiger partial charge on any atom is -0.492 e. The number of nitrogens with two attached hydrogens (primary N) is 1. The van der Waals surface area contributed by atoms with Crippen molar-refractivity contribution in [2.45, 2.75) is 19.8 Å². The molecule has 0 saturated heterocycles. The summed E-state index contributed by atoms with van der Waals surface area (Å²) in [5, 5.41) is 5.63.